The largest absolute Gasteiger partial charge is 0.497 e. The molecule has 0 unspecified atom stereocenters. The molecule has 0 bridgehead atoms. The van der Waals surface area contributed by atoms with Crippen LogP contribution in [0.25, 0.3) is 22.2 Å². The predicted octanol–water partition coefficient (Wildman–Crippen LogP) is 5.26. The highest BCUT2D eigenvalue weighted by atomic mass is 32.1. The maximum Gasteiger partial charge on any atom is 0.226 e. The van der Waals surface area contributed by atoms with Crippen LogP contribution in [0.2, 0.25) is 0 Å². The summed E-state index contributed by atoms with van der Waals surface area (Å²) < 4.78 is 5.17. The number of hydrogen-bond donors (Lipinski definition) is 2. The van der Waals surface area contributed by atoms with Crippen LogP contribution in [0.15, 0.2) is 60.1 Å². The molecule has 0 saturated heterocycles. The number of anilines is 1. The number of aryl methyl sites for hydroxylation is 1. The number of fused-ring (bicyclic) bond motifs is 1. The van der Waals surface area contributed by atoms with Gasteiger partial charge in [0.15, 0.2) is 5.13 Å². The second-order valence-electron chi connectivity index (χ2n) is 6.53. The molecule has 2 aromatic heterocycles. The first kappa shape index (κ1) is 18.3. The van der Waals surface area contributed by atoms with Crippen LogP contribution < -0.4 is 10.1 Å². The van der Waals surface area contributed by atoms with Crippen molar-refractivity contribution in [1.82, 2.24) is 9.97 Å². The van der Waals surface area contributed by atoms with Crippen molar-refractivity contribution in [3.63, 3.8) is 0 Å². The highest BCUT2D eigenvalue weighted by Gasteiger charge is 2.09. The molecule has 28 heavy (non-hydrogen) atoms. The second kappa shape index (κ2) is 8.27. The number of carbonyl (C=O) groups excluding carboxylic acids is 1. The quantitative estimate of drug-likeness (QED) is 0.451. The summed E-state index contributed by atoms with van der Waals surface area (Å²) in [5.41, 5.74) is 4.23. The fraction of sp³-hybridized carbons (Fsp3) is 0.182. The van der Waals surface area contributed by atoms with Gasteiger partial charge in [-0.2, -0.15) is 0 Å². The van der Waals surface area contributed by atoms with E-state index in [0.29, 0.717) is 11.6 Å². The number of carbonyl (C=O) groups is 1. The number of benzene rings is 2. The summed E-state index contributed by atoms with van der Waals surface area (Å²) >= 11 is 1.44. The number of para-hydroxylation sites is 1. The van der Waals surface area contributed by atoms with Crippen molar-refractivity contribution >= 4 is 33.3 Å². The van der Waals surface area contributed by atoms with Crippen molar-refractivity contribution in [2.45, 2.75) is 19.3 Å². The monoisotopic (exact) mass is 391 g/mol. The lowest BCUT2D eigenvalue weighted by atomic mass is 10.1. The first-order valence-electron chi connectivity index (χ1n) is 9.18. The van der Waals surface area contributed by atoms with Crippen molar-refractivity contribution in [2.24, 2.45) is 0 Å². The summed E-state index contributed by atoms with van der Waals surface area (Å²) in [7, 11) is 1.64. The summed E-state index contributed by atoms with van der Waals surface area (Å²) in [5.74, 6) is 0.804. The van der Waals surface area contributed by atoms with Gasteiger partial charge in [-0.3, -0.25) is 4.79 Å². The van der Waals surface area contributed by atoms with Crippen molar-refractivity contribution < 1.29 is 9.53 Å². The third kappa shape index (κ3) is 4.07. The van der Waals surface area contributed by atoms with Crippen LogP contribution >= 0.6 is 11.3 Å². The Hall–Kier alpha value is -3.12. The average molecular weight is 391 g/mol. The maximum atomic E-state index is 12.3. The smallest absolute Gasteiger partial charge is 0.226 e. The van der Waals surface area contributed by atoms with Crippen molar-refractivity contribution in [3.05, 3.63) is 65.7 Å². The first-order valence-corrected chi connectivity index (χ1v) is 10.1. The normalized spacial score (nSPS) is 10.9. The Bertz CT molecular complexity index is 1080. The first-order chi connectivity index (χ1) is 13.7. The molecule has 0 spiro atoms. The Kier molecular flexibility index (Phi) is 5.39. The Morgan fingerprint density at radius 3 is 2.82 bits per heavy atom. The van der Waals surface area contributed by atoms with Crippen LogP contribution in [0, 0.1) is 0 Å². The van der Waals surface area contributed by atoms with E-state index in [1.54, 1.807) is 7.11 Å². The molecule has 0 aliphatic rings. The Labute approximate surface area is 167 Å². The molecule has 6 heteroatoms. The van der Waals surface area contributed by atoms with E-state index in [-0.39, 0.29) is 5.91 Å². The molecule has 0 radical (unpaired) electrons. The third-order valence-electron chi connectivity index (χ3n) is 4.66. The number of aromatic amines is 1. The second-order valence-corrected chi connectivity index (χ2v) is 7.39. The van der Waals surface area contributed by atoms with E-state index in [4.69, 9.17) is 4.74 Å². The number of H-pyrrole nitrogens is 1. The minimum Gasteiger partial charge on any atom is -0.497 e. The van der Waals surface area contributed by atoms with Crippen LogP contribution in [0.4, 0.5) is 5.13 Å². The highest BCUT2D eigenvalue weighted by molar-refractivity contribution is 7.14. The fourth-order valence-corrected chi connectivity index (χ4v) is 3.92. The number of methoxy groups -OCH3 is 1. The zero-order chi connectivity index (χ0) is 19.3. The van der Waals surface area contributed by atoms with Gasteiger partial charge in [0.2, 0.25) is 5.91 Å². The van der Waals surface area contributed by atoms with Gasteiger partial charge in [-0.1, -0.05) is 18.2 Å². The van der Waals surface area contributed by atoms with E-state index >= 15 is 0 Å². The van der Waals surface area contributed by atoms with E-state index in [9.17, 15) is 4.79 Å². The summed E-state index contributed by atoms with van der Waals surface area (Å²) in [6.07, 6.45) is 4.16. The van der Waals surface area contributed by atoms with E-state index in [1.165, 1.54) is 22.3 Å². The van der Waals surface area contributed by atoms with E-state index in [1.807, 2.05) is 48.0 Å². The van der Waals surface area contributed by atoms with Gasteiger partial charge in [0.05, 0.1) is 12.8 Å². The van der Waals surface area contributed by atoms with Gasteiger partial charge in [0.25, 0.3) is 0 Å². The molecule has 2 aromatic carbocycles. The summed E-state index contributed by atoms with van der Waals surface area (Å²) in [5, 5.41) is 6.71. The lowest BCUT2D eigenvalue weighted by Gasteiger charge is -2.02. The van der Waals surface area contributed by atoms with Crippen LogP contribution in [0.5, 0.6) is 5.75 Å². The molecule has 2 heterocycles. The molecule has 0 fully saturated rings. The minimum atomic E-state index is -0.00419. The fourth-order valence-electron chi connectivity index (χ4n) is 3.19. The highest BCUT2D eigenvalue weighted by Crippen LogP contribution is 2.26. The number of thiazole rings is 1. The number of aromatic nitrogens is 2. The van der Waals surface area contributed by atoms with E-state index in [2.05, 4.69) is 27.4 Å². The Balaban J connectivity index is 1.31. The van der Waals surface area contributed by atoms with E-state index < -0.39 is 0 Å². The average Bonchev–Trinajstić information content (AvgIpc) is 3.35. The molecule has 0 aliphatic heterocycles. The lowest BCUT2D eigenvalue weighted by Crippen LogP contribution is -2.11. The number of hydrogen-bond acceptors (Lipinski definition) is 4. The molecule has 0 aliphatic carbocycles. The molecule has 4 rings (SSSR count). The number of ether oxygens (including phenoxy) is 1. The number of amides is 1. The van der Waals surface area contributed by atoms with Crippen molar-refractivity contribution in [2.75, 3.05) is 12.4 Å². The van der Waals surface area contributed by atoms with Crippen LogP contribution in [-0.4, -0.2) is 23.0 Å². The molecular formula is C22H21N3O2S. The summed E-state index contributed by atoms with van der Waals surface area (Å²) in [6, 6.07) is 15.9. The third-order valence-corrected chi connectivity index (χ3v) is 5.42. The van der Waals surface area contributed by atoms with Gasteiger partial charge in [0, 0.05) is 34.5 Å². The summed E-state index contributed by atoms with van der Waals surface area (Å²) in [4.78, 5) is 20.1. The van der Waals surface area contributed by atoms with Crippen molar-refractivity contribution in [3.8, 4) is 17.0 Å². The summed E-state index contributed by atoms with van der Waals surface area (Å²) in [6.45, 7) is 0. The number of nitrogens with zero attached hydrogens (tertiary/aromatic N) is 1. The van der Waals surface area contributed by atoms with Crippen molar-refractivity contribution in [1.29, 1.82) is 0 Å². The SMILES string of the molecule is COc1ccc(-c2csc(NC(=O)CCCc3c[nH]c4ccccc34)n2)cc1. The number of nitrogens with one attached hydrogen (secondary N) is 2. The molecule has 2 N–H and O–H groups in total. The predicted molar refractivity (Wildman–Crippen MR) is 114 cm³/mol. The van der Waals surface area contributed by atoms with Gasteiger partial charge < -0.3 is 15.0 Å². The standard InChI is InChI=1S/C22H21N3O2S/c1-27-17-11-9-15(10-12-17)20-14-28-22(24-20)25-21(26)8-4-5-16-13-23-19-7-3-2-6-18(16)19/h2-3,6-7,9-14,23H,4-5,8H2,1H3,(H,24,25,26). The molecular weight excluding hydrogens is 370 g/mol. The van der Waals surface area contributed by atoms with Gasteiger partial charge in [0.1, 0.15) is 5.75 Å². The van der Waals surface area contributed by atoms with Crippen LogP contribution in [0.3, 0.4) is 0 Å². The molecule has 0 atom stereocenters. The number of rotatable bonds is 7. The van der Waals surface area contributed by atoms with E-state index in [0.717, 1.165) is 35.4 Å². The minimum absolute atomic E-state index is 0.00419. The molecule has 5 nitrogen and oxygen atoms in total. The Morgan fingerprint density at radius 1 is 1.18 bits per heavy atom. The molecule has 1 amide bonds. The van der Waals surface area contributed by atoms with Gasteiger partial charge >= 0.3 is 0 Å². The maximum absolute atomic E-state index is 12.3. The zero-order valence-corrected chi connectivity index (χ0v) is 16.4. The molecule has 142 valence electrons. The van der Waals surface area contributed by atoms with Gasteiger partial charge in [-0.15, -0.1) is 11.3 Å². The molecule has 0 saturated carbocycles. The lowest BCUT2D eigenvalue weighted by molar-refractivity contribution is -0.116. The topological polar surface area (TPSA) is 67.0 Å². The molecule has 4 aromatic rings. The van der Waals surface area contributed by atoms with Crippen LogP contribution in [-0.2, 0) is 11.2 Å². The Morgan fingerprint density at radius 2 is 2.00 bits per heavy atom. The van der Waals surface area contributed by atoms with Gasteiger partial charge in [-0.25, -0.2) is 4.98 Å². The zero-order valence-electron chi connectivity index (χ0n) is 15.6. The van der Waals surface area contributed by atoms with Gasteiger partial charge in [-0.05, 0) is 48.7 Å². The van der Waals surface area contributed by atoms with Crippen LogP contribution in [0.1, 0.15) is 18.4 Å².